The van der Waals surface area contributed by atoms with Crippen molar-refractivity contribution < 1.29 is 4.74 Å². The van der Waals surface area contributed by atoms with Gasteiger partial charge in [-0.05, 0) is 18.1 Å². The van der Waals surface area contributed by atoms with E-state index >= 15 is 0 Å². The van der Waals surface area contributed by atoms with Crippen LogP contribution in [0.25, 0.3) is 11.3 Å². The number of para-hydroxylation sites is 1. The Morgan fingerprint density at radius 2 is 2.26 bits per heavy atom. The predicted molar refractivity (Wildman–Crippen MR) is 75.4 cm³/mol. The molecule has 4 nitrogen and oxygen atoms in total. The Morgan fingerprint density at radius 3 is 3.16 bits per heavy atom. The molecule has 0 amide bonds. The Bertz CT molecular complexity index is 583. The minimum absolute atomic E-state index is 0.762. The third kappa shape index (κ3) is 2.38. The van der Waals surface area contributed by atoms with Crippen LogP contribution in [0, 0.1) is 0 Å². The van der Waals surface area contributed by atoms with Crippen molar-refractivity contribution in [2.24, 2.45) is 0 Å². The van der Waals surface area contributed by atoms with Gasteiger partial charge in [0, 0.05) is 24.6 Å². The van der Waals surface area contributed by atoms with Crippen molar-refractivity contribution in [2.45, 2.75) is 19.8 Å². The van der Waals surface area contributed by atoms with E-state index in [2.05, 4.69) is 40.4 Å². The average Bonchev–Trinajstić information content (AvgIpc) is 2.93. The first kappa shape index (κ1) is 12.0. The number of hydrogen-bond donors (Lipinski definition) is 1. The Morgan fingerprint density at radius 1 is 1.32 bits per heavy atom. The molecule has 4 heteroatoms. The second-order valence-corrected chi connectivity index (χ2v) is 4.61. The van der Waals surface area contributed by atoms with E-state index < -0.39 is 0 Å². The van der Waals surface area contributed by atoms with Gasteiger partial charge in [-0.3, -0.25) is 0 Å². The number of hydrogen-bond acceptors (Lipinski definition) is 4. The average molecular weight is 255 g/mol. The Hall–Kier alpha value is -2.10. The van der Waals surface area contributed by atoms with Crippen molar-refractivity contribution in [3.05, 3.63) is 36.2 Å². The summed E-state index contributed by atoms with van der Waals surface area (Å²) < 4.78 is 5.72. The van der Waals surface area contributed by atoms with E-state index in [9.17, 15) is 0 Å². The molecule has 0 spiro atoms. The van der Waals surface area contributed by atoms with Gasteiger partial charge in [-0.2, -0.15) is 0 Å². The molecule has 1 N–H and O–H groups in total. The lowest BCUT2D eigenvalue weighted by atomic mass is 10.1. The molecule has 0 saturated carbocycles. The molecule has 0 radical (unpaired) electrons. The molecule has 3 rings (SSSR count). The molecular formula is C15H17N3O. The maximum atomic E-state index is 5.72. The van der Waals surface area contributed by atoms with Gasteiger partial charge in [0.2, 0.25) is 0 Å². The molecule has 0 bridgehead atoms. The number of ether oxygens (including phenoxy) is 1. The molecule has 0 unspecified atom stereocenters. The first-order valence-corrected chi connectivity index (χ1v) is 6.69. The maximum absolute atomic E-state index is 5.72. The fourth-order valence-electron chi connectivity index (χ4n) is 2.27. The van der Waals surface area contributed by atoms with E-state index in [1.54, 1.807) is 6.33 Å². The topological polar surface area (TPSA) is 47.0 Å². The summed E-state index contributed by atoms with van der Waals surface area (Å²) in [6.07, 6.45) is 3.65. The number of aromatic nitrogens is 2. The lowest BCUT2D eigenvalue weighted by Crippen LogP contribution is -2.02. The summed E-state index contributed by atoms with van der Waals surface area (Å²) in [5.41, 5.74) is 3.23. The second kappa shape index (κ2) is 5.26. The SMILES string of the molecule is CCCNc1cc(-c2cccc3c2OCC3)ncn1. The van der Waals surface area contributed by atoms with Gasteiger partial charge in [0.1, 0.15) is 17.9 Å². The van der Waals surface area contributed by atoms with Crippen molar-refractivity contribution in [2.75, 3.05) is 18.5 Å². The number of fused-ring (bicyclic) bond motifs is 1. The fraction of sp³-hybridized carbons (Fsp3) is 0.333. The number of nitrogens with zero attached hydrogens (tertiary/aromatic N) is 2. The van der Waals surface area contributed by atoms with Crippen LogP contribution in [0.4, 0.5) is 5.82 Å². The van der Waals surface area contributed by atoms with E-state index in [1.165, 1.54) is 5.56 Å². The van der Waals surface area contributed by atoms with Crippen LogP contribution < -0.4 is 10.1 Å². The lowest BCUT2D eigenvalue weighted by Gasteiger charge is -2.09. The molecule has 0 saturated heterocycles. The van der Waals surface area contributed by atoms with Gasteiger partial charge in [-0.25, -0.2) is 9.97 Å². The van der Waals surface area contributed by atoms with E-state index in [1.807, 2.05) is 6.07 Å². The van der Waals surface area contributed by atoms with Crippen LogP contribution in [0.2, 0.25) is 0 Å². The van der Waals surface area contributed by atoms with E-state index in [4.69, 9.17) is 4.74 Å². The molecule has 1 aromatic carbocycles. The van der Waals surface area contributed by atoms with E-state index in [-0.39, 0.29) is 0 Å². The summed E-state index contributed by atoms with van der Waals surface area (Å²) in [5.74, 6) is 1.84. The summed E-state index contributed by atoms with van der Waals surface area (Å²) in [7, 11) is 0. The van der Waals surface area contributed by atoms with Crippen LogP contribution in [0.3, 0.4) is 0 Å². The highest BCUT2D eigenvalue weighted by atomic mass is 16.5. The maximum Gasteiger partial charge on any atom is 0.132 e. The van der Waals surface area contributed by atoms with Crippen LogP contribution in [-0.4, -0.2) is 23.1 Å². The molecule has 0 aliphatic carbocycles. The molecular weight excluding hydrogens is 238 g/mol. The normalized spacial score (nSPS) is 12.9. The smallest absolute Gasteiger partial charge is 0.132 e. The number of rotatable bonds is 4. The lowest BCUT2D eigenvalue weighted by molar-refractivity contribution is 0.358. The molecule has 1 aromatic heterocycles. The standard InChI is InChI=1S/C15H17N3O/c1-2-7-16-14-9-13(17-10-18-14)12-5-3-4-11-6-8-19-15(11)12/h3-5,9-10H,2,6-8H2,1H3,(H,16,17,18). The van der Waals surface area contributed by atoms with Crippen molar-refractivity contribution in [1.82, 2.24) is 9.97 Å². The Labute approximate surface area is 112 Å². The van der Waals surface area contributed by atoms with Crippen LogP contribution in [0.15, 0.2) is 30.6 Å². The monoisotopic (exact) mass is 255 g/mol. The fourth-order valence-corrected chi connectivity index (χ4v) is 2.27. The van der Waals surface area contributed by atoms with Gasteiger partial charge < -0.3 is 10.1 Å². The Balaban J connectivity index is 1.96. The van der Waals surface area contributed by atoms with Gasteiger partial charge in [-0.1, -0.05) is 19.1 Å². The summed E-state index contributed by atoms with van der Waals surface area (Å²) >= 11 is 0. The predicted octanol–water partition coefficient (Wildman–Crippen LogP) is 2.90. The molecule has 0 atom stereocenters. The second-order valence-electron chi connectivity index (χ2n) is 4.61. The zero-order chi connectivity index (χ0) is 13.1. The summed E-state index contributed by atoms with van der Waals surface area (Å²) in [5, 5.41) is 3.28. The third-order valence-corrected chi connectivity index (χ3v) is 3.21. The number of benzene rings is 1. The molecule has 1 aliphatic rings. The first-order valence-electron chi connectivity index (χ1n) is 6.69. The van der Waals surface area contributed by atoms with Crippen molar-refractivity contribution in [1.29, 1.82) is 0 Å². The van der Waals surface area contributed by atoms with Crippen LogP contribution in [0.5, 0.6) is 5.75 Å². The quantitative estimate of drug-likeness (QED) is 0.912. The number of nitrogens with one attached hydrogen (secondary N) is 1. The molecule has 19 heavy (non-hydrogen) atoms. The third-order valence-electron chi connectivity index (χ3n) is 3.21. The van der Waals surface area contributed by atoms with Crippen molar-refractivity contribution in [3.8, 4) is 17.0 Å². The zero-order valence-electron chi connectivity index (χ0n) is 11.0. The summed E-state index contributed by atoms with van der Waals surface area (Å²) in [6, 6.07) is 8.20. The van der Waals surface area contributed by atoms with Crippen molar-refractivity contribution in [3.63, 3.8) is 0 Å². The van der Waals surface area contributed by atoms with E-state index in [0.29, 0.717) is 0 Å². The molecule has 1 aliphatic heterocycles. The highest BCUT2D eigenvalue weighted by Gasteiger charge is 2.17. The van der Waals surface area contributed by atoms with E-state index in [0.717, 1.165) is 48.8 Å². The van der Waals surface area contributed by atoms with Gasteiger partial charge in [0.05, 0.1) is 12.3 Å². The Kier molecular flexibility index (Phi) is 3.31. The van der Waals surface area contributed by atoms with Crippen LogP contribution >= 0.6 is 0 Å². The summed E-state index contributed by atoms with van der Waals surface area (Å²) in [4.78, 5) is 8.60. The molecule has 2 heterocycles. The molecule has 0 fully saturated rings. The van der Waals surface area contributed by atoms with Crippen molar-refractivity contribution >= 4 is 5.82 Å². The summed E-state index contributed by atoms with van der Waals surface area (Å²) in [6.45, 7) is 3.81. The zero-order valence-corrected chi connectivity index (χ0v) is 11.0. The van der Waals surface area contributed by atoms with Crippen LogP contribution in [0.1, 0.15) is 18.9 Å². The number of anilines is 1. The highest BCUT2D eigenvalue weighted by molar-refractivity contribution is 5.71. The van der Waals surface area contributed by atoms with Gasteiger partial charge in [0.25, 0.3) is 0 Å². The minimum Gasteiger partial charge on any atom is -0.492 e. The van der Waals surface area contributed by atoms with Crippen LogP contribution in [-0.2, 0) is 6.42 Å². The first-order chi connectivity index (χ1) is 9.38. The van der Waals surface area contributed by atoms with Gasteiger partial charge >= 0.3 is 0 Å². The van der Waals surface area contributed by atoms with Gasteiger partial charge in [0.15, 0.2) is 0 Å². The largest absolute Gasteiger partial charge is 0.492 e. The molecule has 98 valence electrons. The van der Waals surface area contributed by atoms with Gasteiger partial charge in [-0.15, -0.1) is 0 Å². The highest BCUT2D eigenvalue weighted by Crippen LogP contribution is 2.36. The molecule has 2 aromatic rings. The minimum atomic E-state index is 0.762.